The number of H-pyrrole nitrogens is 1. The fraction of sp³-hybridized carbons (Fsp3) is 0.350. The molecule has 0 saturated heterocycles. The first-order valence-electron chi connectivity index (χ1n) is 9.88. The first-order valence-corrected chi connectivity index (χ1v) is 9.88. The number of ether oxygens (including phenoxy) is 2. The van der Waals surface area contributed by atoms with Crippen molar-refractivity contribution in [1.82, 2.24) is 24.8 Å². The van der Waals surface area contributed by atoms with E-state index in [0.29, 0.717) is 24.3 Å². The number of carbonyl (C=O) groups is 2. The normalized spacial score (nSPS) is 10.9. The largest absolute Gasteiger partial charge is 0.461 e. The summed E-state index contributed by atoms with van der Waals surface area (Å²) >= 11 is 0. The third kappa shape index (κ3) is 5.82. The summed E-state index contributed by atoms with van der Waals surface area (Å²) in [7, 11) is 1.55. The molecule has 0 aliphatic carbocycles. The molecule has 12 heteroatoms. The summed E-state index contributed by atoms with van der Waals surface area (Å²) in [6.45, 7) is 1.17. The fourth-order valence-electron chi connectivity index (χ4n) is 2.93. The van der Waals surface area contributed by atoms with Gasteiger partial charge in [-0.1, -0.05) is 24.3 Å². The van der Waals surface area contributed by atoms with Crippen molar-refractivity contribution >= 4 is 28.8 Å². The molecule has 1 aromatic carbocycles. The number of aromatic nitrogens is 4. The minimum Gasteiger partial charge on any atom is -0.461 e. The van der Waals surface area contributed by atoms with E-state index in [4.69, 9.17) is 20.9 Å². The number of aromatic amines is 1. The van der Waals surface area contributed by atoms with Crippen LogP contribution < -0.4 is 27.2 Å². The van der Waals surface area contributed by atoms with E-state index >= 15 is 0 Å². The number of hydrogen-bond acceptors (Lipinski definition) is 8. The molecule has 6 N–H and O–H groups in total. The van der Waals surface area contributed by atoms with E-state index in [0.717, 1.165) is 11.1 Å². The zero-order valence-corrected chi connectivity index (χ0v) is 17.6. The number of benzene rings is 1. The highest BCUT2D eigenvalue weighted by Gasteiger charge is 2.15. The second-order valence-electron chi connectivity index (χ2n) is 7.01. The van der Waals surface area contributed by atoms with Crippen LogP contribution in [0.1, 0.15) is 24.0 Å². The number of anilines is 1. The van der Waals surface area contributed by atoms with Crippen molar-refractivity contribution in [2.45, 2.75) is 25.9 Å². The maximum absolute atomic E-state index is 12.5. The molecule has 3 aromatic rings. The summed E-state index contributed by atoms with van der Waals surface area (Å²) in [6, 6.07) is 7.42. The Hall–Kier alpha value is -3.93. The van der Waals surface area contributed by atoms with Crippen molar-refractivity contribution in [2.75, 3.05) is 26.1 Å². The molecule has 0 unspecified atom stereocenters. The number of rotatable bonds is 11. The summed E-state index contributed by atoms with van der Waals surface area (Å²) in [6.07, 6.45) is 0.0659. The zero-order chi connectivity index (χ0) is 23.1. The SMILES string of the molecule is COCCOc1nc(N)c2[nH]c(=O)n(Cc3ccc(CNC(=O)CCC(N)=O)cc3)c2n1. The Morgan fingerprint density at radius 2 is 1.84 bits per heavy atom. The topological polar surface area (TPSA) is 180 Å². The van der Waals surface area contributed by atoms with E-state index in [1.54, 1.807) is 7.11 Å². The Morgan fingerprint density at radius 3 is 2.53 bits per heavy atom. The second-order valence-corrected chi connectivity index (χ2v) is 7.01. The molecule has 0 fully saturated rings. The molecule has 0 aliphatic rings. The molecule has 0 saturated carbocycles. The van der Waals surface area contributed by atoms with Crippen molar-refractivity contribution < 1.29 is 19.1 Å². The van der Waals surface area contributed by atoms with Gasteiger partial charge in [-0.2, -0.15) is 9.97 Å². The van der Waals surface area contributed by atoms with E-state index in [1.807, 2.05) is 24.3 Å². The standard InChI is InChI=1S/C20H25N7O5/c1-31-8-9-32-19-25-17(22)16-18(26-19)27(20(30)24-16)11-13-4-2-12(3-5-13)10-23-15(29)7-6-14(21)28/h2-5H,6-11H2,1H3,(H2,21,28)(H,23,29)(H,24,30)(H2,22,25,26). The van der Waals surface area contributed by atoms with E-state index in [9.17, 15) is 14.4 Å². The van der Waals surface area contributed by atoms with E-state index in [1.165, 1.54) is 4.57 Å². The van der Waals surface area contributed by atoms with Crippen LogP contribution in [0, 0.1) is 0 Å². The first-order chi connectivity index (χ1) is 15.4. The Labute approximate surface area is 182 Å². The van der Waals surface area contributed by atoms with Gasteiger partial charge in [-0.15, -0.1) is 0 Å². The van der Waals surface area contributed by atoms with Gasteiger partial charge in [0.2, 0.25) is 11.8 Å². The van der Waals surface area contributed by atoms with Crippen LogP contribution in [0.15, 0.2) is 29.1 Å². The number of carbonyl (C=O) groups excluding carboxylic acids is 2. The maximum atomic E-state index is 12.5. The Bertz CT molecular complexity index is 1150. The van der Waals surface area contributed by atoms with Gasteiger partial charge < -0.3 is 31.2 Å². The summed E-state index contributed by atoms with van der Waals surface area (Å²) < 4.78 is 11.8. The summed E-state index contributed by atoms with van der Waals surface area (Å²) in [5.74, 6) is -0.655. The molecule has 0 radical (unpaired) electrons. The predicted molar refractivity (Wildman–Crippen MR) is 116 cm³/mol. The number of fused-ring (bicyclic) bond motifs is 1. The van der Waals surface area contributed by atoms with Gasteiger partial charge in [0.15, 0.2) is 11.5 Å². The first kappa shape index (κ1) is 22.7. The van der Waals surface area contributed by atoms with Gasteiger partial charge in [0, 0.05) is 26.5 Å². The lowest BCUT2D eigenvalue weighted by molar-refractivity contribution is -0.125. The van der Waals surface area contributed by atoms with Gasteiger partial charge in [0.25, 0.3) is 0 Å². The van der Waals surface area contributed by atoms with E-state index < -0.39 is 5.91 Å². The second kappa shape index (κ2) is 10.4. The molecule has 0 spiro atoms. The minimum atomic E-state index is -0.516. The van der Waals surface area contributed by atoms with Crippen molar-refractivity contribution in [1.29, 1.82) is 0 Å². The highest BCUT2D eigenvalue weighted by atomic mass is 16.5. The van der Waals surface area contributed by atoms with Crippen LogP contribution in [0.5, 0.6) is 6.01 Å². The van der Waals surface area contributed by atoms with Crippen molar-refractivity contribution in [2.24, 2.45) is 5.73 Å². The molecule has 2 aromatic heterocycles. The molecule has 0 bridgehead atoms. The number of nitrogens with two attached hydrogens (primary N) is 2. The van der Waals surface area contributed by atoms with Gasteiger partial charge in [-0.25, -0.2) is 4.79 Å². The van der Waals surface area contributed by atoms with Crippen molar-refractivity contribution in [3.05, 3.63) is 45.9 Å². The lowest BCUT2D eigenvalue weighted by Gasteiger charge is -2.08. The van der Waals surface area contributed by atoms with E-state index in [2.05, 4.69) is 20.3 Å². The van der Waals surface area contributed by atoms with Gasteiger partial charge in [0.05, 0.1) is 13.2 Å². The van der Waals surface area contributed by atoms with Crippen LogP contribution in [-0.2, 0) is 27.4 Å². The number of hydrogen-bond donors (Lipinski definition) is 4. The number of nitrogen functional groups attached to an aromatic ring is 1. The molecular weight excluding hydrogens is 418 g/mol. The maximum Gasteiger partial charge on any atom is 0.328 e. The summed E-state index contributed by atoms with van der Waals surface area (Å²) in [4.78, 5) is 45.9. The third-order valence-electron chi connectivity index (χ3n) is 4.60. The lowest BCUT2D eigenvalue weighted by Crippen LogP contribution is -2.24. The average Bonchev–Trinajstić information content (AvgIpc) is 3.08. The monoisotopic (exact) mass is 443 g/mol. The van der Waals surface area contributed by atoms with Gasteiger partial charge >= 0.3 is 11.7 Å². The van der Waals surface area contributed by atoms with Crippen LogP contribution in [0.3, 0.4) is 0 Å². The number of imidazole rings is 1. The highest BCUT2D eigenvalue weighted by molar-refractivity contribution is 5.83. The number of primary amides is 1. The van der Waals surface area contributed by atoms with Crippen molar-refractivity contribution in [3.63, 3.8) is 0 Å². The van der Waals surface area contributed by atoms with E-state index in [-0.39, 0.29) is 49.4 Å². The summed E-state index contributed by atoms with van der Waals surface area (Å²) in [5.41, 5.74) is 13.0. The fourth-order valence-corrected chi connectivity index (χ4v) is 2.93. The molecular formula is C20H25N7O5. The number of methoxy groups -OCH3 is 1. The Kier molecular flexibility index (Phi) is 7.39. The number of nitrogens with one attached hydrogen (secondary N) is 2. The average molecular weight is 443 g/mol. The molecule has 2 amide bonds. The molecule has 0 atom stereocenters. The van der Waals surface area contributed by atoms with Crippen LogP contribution in [0.4, 0.5) is 5.82 Å². The van der Waals surface area contributed by atoms with Crippen LogP contribution >= 0.6 is 0 Å². The minimum absolute atomic E-state index is 0.0113. The molecule has 32 heavy (non-hydrogen) atoms. The Morgan fingerprint density at radius 1 is 1.12 bits per heavy atom. The zero-order valence-electron chi connectivity index (χ0n) is 17.6. The van der Waals surface area contributed by atoms with Crippen LogP contribution in [-0.4, -0.2) is 51.7 Å². The Balaban J connectivity index is 1.70. The van der Waals surface area contributed by atoms with Crippen LogP contribution in [0.25, 0.3) is 11.2 Å². The van der Waals surface area contributed by atoms with Gasteiger partial charge in [-0.3, -0.25) is 14.2 Å². The molecule has 3 rings (SSSR count). The smallest absolute Gasteiger partial charge is 0.328 e. The molecule has 0 aliphatic heterocycles. The highest BCUT2D eigenvalue weighted by Crippen LogP contribution is 2.18. The lowest BCUT2D eigenvalue weighted by atomic mass is 10.1. The van der Waals surface area contributed by atoms with Gasteiger partial charge in [-0.05, 0) is 11.1 Å². The van der Waals surface area contributed by atoms with Crippen LogP contribution in [0.2, 0.25) is 0 Å². The molecule has 12 nitrogen and oxygen atoms in total. The molecule has 170 valence electrons. The van der Waals surface area contributed by atoms with Gasteiger partial charge in [0.1, 0.15) is 12.1 Å². The predicted octanol–water partition coefficient (Wildman–Crippen LogP) is -0.343. The number of nitrogens with zero attached hydrogens (tertiary/aromatic N) is 3. The number of amides is 2. The third-order valence-corrected chi connectivity index (χ3v) is 4.60. The quantitative estimate of drug-likeness (QED) is 0.290. The molecule has 2 heterocycles. The summed E-state index contributed by atoms with van der Waals surface area (Å²) in [5, 5.41) is 2.73. The van der Waals surface area contributed by atoms with Crippen molar-refractivity contribution in [3.8, 4) is 6.01 Å².